The second kappa shape index (κ2) is 8.10. The first kappa shape index (κ1) is 19.1. The fourth-order valence-electron chi connectivity index (χ4n) is 4.62. The van der Waals surface area contributed by atoms with Crippen molar-refractivity contribution in [1.29, 1.82) is 0 Å². The van der Waals surface area contributed by atoms with Gasteiger partial charge in [-0.1, -0.05) is 54.6 Å². The Kier molecular flexibility index (Phi) is 5.16. The molecule has 0 radical (unpaired) electrons. The molecule has 152 valence electrons. The van der Waals surface area contributed by atoms with E-state index in [0.29, 0.717) is 0 Å². The van der Waals surface area contributed by atoms with E-state index < -0.39 is 0 Å². The third-order valence-electron chi connectivity index (χ3n) is 6.15. The van der Waals surface area contributed by atoms with Crippen LogP contribution in [0.4, 0.5) is 0 Å². The molecular weight excluding hydrogens is 370 g/mol. The van der Waals surface area contributed by atoms with Crippen molar-refractivity contribution in [2.75, 3.05) is 26.3 Å². The van der Waals surface area contributed by atoms with Crippen molar-refractivity contribution in [3.63, 3.8) is 0 Å². The van der Waals surface area contributed by atoms with Crippen LogP contribution in [0.25, 0.3) is 33.2 Å². The zero-order valence-electron chi connectivity index (χ0n) is 17.7. The van der Waals surface area contributed by atoms with E-state index in [-0.39, 0.29) is 0 Å². The molecular formula is C27H27NO2. The van der Waals surface area contributed by atoms with Crippen LogP contribution in [0.15, 0.2) is 71.3 Å². The molecule has 0 atom stereocenters. The molecule has 1 aliphatic heterocycles. The highest BCUT2D eigenvalue weighted by Gasteiger charge is 2.17. The van der Waals surface area contributed by atoms with Crippen LogP contribution in [0.1, 0.15) is 16.7 Å². The molecule has 3 nitrogen and oxygen atoms in total. The SMILES string of the molecule is Cc1cc2occ(-c3ccccc3)c2c(C)c1-c1ccc(CN2CCOCC2)cc1. The van der Waals surface area contributed by atoms with Crippen LogP contribution in [0.2, 0.25) is 0 Å². The van der Waals surface area contributed by atoms with Gasteiger partial charge in [0.25, 0.3) is 0 Å². The maximum Gasteiger partial charge on any atom is 0.135 e. The van der Waals surface area contributed by atoms with Gasteiger partial charge in [-0.2, -0.15) is 0 Å². The minimum absolute atomic E-state index is 0.838. The van der Waals surface area contributed by atoms with Crippen LogP contribution < -0.4 is 0 Å². The first-order chi connectivity index (χ1) is 14.7. The van der Waals surface area contributed by atoms with Gasteiger partial charge in [-0.15, -0.1) is 0 Å². The summed E-state index contributed by atoms with van der Waals surface area (Å²) in [5.74, 6) is 0. The van der Waals surface area contributed by atoms with Crippen LogP contribution in [-0.2, 0) is 11.3 Å². The summed E-state index contributed by atoms with van der Waals surface area (Å²) >= 11 is 0. The lowest BCUT2D eigenvalue weighted by atomic mass is 9.90. The van der Waals surface area contributed by atoms with E-state index in [1.165, 1.54) is 38.8 Å². The number of benzene rings is 3. The molecule has 0 aliphatic carbocycles. The Morgan fingerprint density at radius 1 is 0.867 bits per heavy atom. The third kappa shape index (κ3) is 3.55. The van der Waals surface area contributed by atoms with Crippen molar-refractivity contribution in [3.8, 4) is 22.3 Å². The summed E-state index contributed by atoms with van der Waals surface area (Å²) in [6.07, 6.45) is 1.89. The van der Waals surface area contributed by atoms with Crippen molar-refractivity contribution in [1.82, 2.24) is 4.90 Å². The quantitative estimate of drug-likeness (QED) is 0.409. The van der Waals surface area contributed by atoms with Crippen LogP contribution in [0.3, 0.4) is 0 Å². The van der Waals surface area contributed by atoms with E-state index in [9.17, 15) is 0 Å². The van der Waals surface area contributed by atoms with E-state index in [0.717, 1.165) is 44.0 Å². The third-order valence-corrected chi connectivity index (χ3v) is 6.15. The van der Waals surface area contributed by atoms with Crippen molar-refractivity contribution in [2.24, 2.45) is 0 Å². The Bertz CT molecular complexity index is 1150. The predicted molar refractivity (Wildman–Crippen MR) is 123 cm³/mol. The van der Waals surface area contributed by atoms with Gasteiger partial charge in [-0.3, -0.25) is 4.90 Å². The van der Waals surface area contributed by atoms with E-state index in [1.54, 1.807) is 0 Å². The number of morpholine rings is 1. The Morgan fingerprint density at radius 3 is 2.33 bits per heavy atom. The highest BCUT2D eigenvalue weighted by molar-refractivity contribution is 6.00. The standard InChI is InChI=1S/C27H27NO2/c1-19-16-25-27(24(18-30-25)22-6-4-3-5-7-22)20(2)26(19)23-10-8-21(9-11-23)17-28-12-14-29-15-13-28/h3-11,16,18H,12-15,17H2,1-2H3. The molecule has 1 fully saturated rings. The number of hydrogen-bond donors (Lipinski definition) is 0. The lowest BCUT2D eigenvalue weighted by Crippen LogP contribution is -2.35. The van der Waals surface area contributed by atoms with E-state index in [1.807, 2.05) is 12.3 Å². The maximum atomic E-state index is 5.94. The molecule has 0 saturated carbocycles. The van der Waals surface area contributed by atoms with E-state index in [2.05, 4.69) is 73.3 Å². The van der Waals surface area contributed by atoms with Gasteiger partial charge in [0.2, 0.25) is 0 Å². The Morgan fingerprint density at radius 2 is 1.60 bits per heavy atom. The zero-order valence-corrected chi connectivity index (χ0v) is 17.7. The Balaban J connectivity index is 1.52. The monoisotopic (exact) mass is 397 g/mol. The number of furan rings is 1. The van der Waals surface area contributed by atoms with Crippen LogP contribution in [-0.4, -0.2) is 31.2 Å². The van der Waals surface area contributed by atoms with E-state index >= 15 is 0 Å². The molecule has 3 heteroatoms. The molecule has 5 rings (SSSR count). The summed E-state index contributed by atoms with van der Waals surface area (Å²) in [7, 11) is 0. The average Bonchev–Trinajstić information content (AvgIpc) is 3.20. The number of ether oxygens (including phenoxy) is 1. The minimum Gasteiger partial charge on any atom is -0.464 e. The van der Waals surface area contributed by atoms with Gasteiger partial charge in [0, 0.05) is 30.6 Å². The van der Waals surface area contributed by atoms with Crippen molar-refractivity contribution >= 4 is 11.0 Å². The van der Waals surface area contributed by atoms with Gasteiger partial charge >= 0.3 is 0 Å². The van der Waals surface area contributed by atoms with Crippen LogP contribution in [0, 0.1) is 13.8 Å². The summed E-state index contributed by atoms with van der Waals surface area (Å²) < 4.78 is 11.4. The highest BCUT2D eigenvalue weighted by Crippen LogP contribution is 2.39. The van der Waals surface area contributed by atoms with E-state index in [4.69, 9.17) is 9.15 Å². The summed E-state index contributed by atoms with van der Waals surface area (Å²) in [5.41, 5.74) is 9.75. The molecule has 1 saturated heterocycles. The van der Waals surface area contributed by atoms with Gasteiger partial charge < -0.3 is 9.15 Å². The maximum absolute atomic E-state index is 5.94. The van der Waals surface area contributed by atoms with Gasteiger partial charge in [-0.25, -0.2) is 0 Å². The molecule has 0 amide bonds. The van der Waals surface area contributed by atoms with Crippen LogP contribution in [0.5, 0.6) is 0 Å². The van der Waals surface area contributed by atoms with Crippen molar-refractivity contribution in [3.05, 3.63) is 83.6 Å². The second-order valence-corrected chi connectivity index (χ2v) is 8.17. The number of rotatable bonds is 4. The molecule has 0 bridgehead atoms. The largest absolute Gasteiger partial charge is 0.464 e. The number of nitrogens with zero attached hydrogens (tertiary/aromatic N) is 1. The average molecular weight is 398 g/mol. The predicted octanol–water partition coefficient (Wildman–Crippen LogP) is 6.22. The molecule has 2 heterocycles. The first-order valence-electron chi connectivity index (χ1n) is 10.7. The molecule has 0 unspecified atom stereocenters. The number of hydrogen-bond acceptors (Lipinski definition) is 3. The molecule has 3 aromatic carbocycles. The summed E-state index contributed by atoms with van der Waals surface area (Å²) in [4.78, 5) is 2.46. The Hall–Kier alpha value is -2.88. The molecule has 0 spiro atoms. The fourth-order valence-corrected chi connectivity index (χ4v) is 4.62. The molecule has 30 heavy (non-hydrogen) atoms. The molecule has 1 aliphatic rings. The highest BCUT2D eigenvalue weighted by atomic mass is 16.5. The fraction of sp³-hybridized carbons (Fsp3) is 0.259. The van der Waals surface area contributed by atoms with Gasteiger partial charge in [0.1, 0.15) is 5.58 Å². The zero-order chi connectivity index (χ0) is 20.5. The second-order valence-electron chi connectivity index (χ2n) is 8.17. The Labute approximate surface area is 177 Å². The van der Waals surface area contributed by atoms with Gasteiger partial charge in [0.05, 0.1) is 19.5 Å². The lowest BCUT2D eigenvalue weighted by molar-refractivity contribution is 0.0342. The van der Waals surface area contributed by atoms with Crippen molar-refractivity contribution < 1.29 is 9.15 Å². The first-order valence-corrected chi connectivity index (χ1v) is 10.7. The number of aryl methyl sites for hydroxylation is 2. The van der Waals surface area contributed by atoms with Gasteiger partial charge in [0.15, 0.2) is 0 Å². The molecule has 4 aromatic rings. The topological polar surface area (TPSA) is 25.6 Å². The summed E-state index contributed by atoms with van der Waals surface area (Å²) in [6.45, 7) is 9.08. The number of fused-ring (bicyclic) bond motifs is 1. The minimum atomic E-state index is 0.838. The smallest absolute Gasteiger partial charge is 0.135 e. The molecule has 0 N–H and O–H groups in total. The molecule has 1 aromatic heterocycles. The van der Waals surface area contributed by atoms with Crippen LogP contribution >= 0.6 is 0 Å². The summed E-state index contributed by atoms with van der Waals surface area (Å²) in [5, 5.41) is 1.21. The van der Waals surface area contributed by atoms with Crippen molar-refractivity contribution in [2.45, 2.75) is 20.4 Å². The summed E-state index contributed by atoms with van der Waals surface area (Å²) in [6, 6.07) is 21.7. The van der Waals surface area contributed by atoms with Gasteiger partial charge in [-0.05, 0) is 53.3 Å². The normalized spacial score (nSPS) is 15.0. The lowest BCUT2D eigenvalue weighted by Gasteiger charge is -2.26.